The van der Waals surface area contributed by atoms with Gasteiger partial charge >= 0.3 is 0 Å². The summed E-state index contributed by atoms with van der Waals surface area (Å²) in [4.78, 5) is 4.69. The standard InChI is InChI=1S/C9H21N3/c1-9(2)7-12(8-10-9)6-5-11(3)4/h10H,5-8H2,1-4H3. The van der Waals surface area contributed by atoms with Gasteiger partial charge in [0.15, 0.2) is 0 Å². The monoisotopic (exact) mass is 171 g/mol. The molecule has 0 unspecified atom stereocenters. The van der Waals surface area contributed by atoms with E-state index >= 15 is 0 Å². The van der Waals surface area contributed by atoms with Gasteiger partial charge in [0.1, 0.15) is 0 Å². The maximum Gasteiger partial charge on any atom is 0.0486 e. The summed E-state index contributed by atoms with van der Waals surface area (Å²) >= 11 is 0. The number of nitrogens with zero attached hydrogens (tertiary/aromatic N) is 2. The highest BCUT2D eigenvalue weighted by atomic mass is 15.3. The first kappa shape index (κ1) is 9.96. The molecule has 0 aliphatic carbocycles. The highest BCUT2D eigenvalue weighted by Crippen LogP contribution is 2.11. The van der Waals surface area contributed by atoms with Crippen molar-refractivity contribution in [2.75, 3.05) is 40.4 Å². The Morgan fingerprint density at radius 2 is 2.08 bits per heavy atom. The van der Waals surface area contributed by atoms with Crippen LogP contribution >= 0.6 is 0 Å². The largest absolute Gasteiger partial charge is 0.308 e. The Kier molecular flexibility index (Phi) is 3.09. The molecule has 0 amide bonds. The van der Waals surface area contributed by atoms with Crippen molar-refractivity contribution in [3.63, 3.8) is 0 Å². The smallest absolute Gasteiger partial charge is 0.0486 e. The van der Waals surface area contributed by atoms with Crippen LogP contribution in [0.5, 0.6) is 0 Å². The van der Waals surface area contributed by atoms with Crippen LogP contribution in [0.25, 0.3) is 0 Å². The van der Waals surface area contributed by atoms with Crippen molar-refractivity contribution in [3.8, 4) is 0 Å². The highest BCUT2D eigenvalue weighted by molar-refractivity contribution is 4.87. The van der Waals surface area contributed by atoms with Crippen LogP contribution in [0.15, 0.2) is 0 Å². The molecule has 1 fully saturated rings. The average molecular weight is 171 g/mol. The van der Waals surface area contributed by atoms with Gasteiger partial charge in [0.2, 0.25) is 0 Å². The van der Waals surface area contributed by atoms with Crippen LogP contribution in [0, 0.1) is 0 Å². The number of nitrogens with one attached hydrogen (secondary N) is 1. The molecule has 12 heavy (non-hydrogen) atoms. The third kappa shape index (κ3) is 3.09. The van der Waals surface area contributed by atoms with Crippen molar-refractivity contribution < 1.29 is 0 Å². The minimum absolute atomic E-state index is 0.312. The molecular weight excluding hydrogens is 150 g/mol. The minimum atomic E-state index is 0.312. The molecule has 1 heterocycles. The van der Waals surface area contributed by atoms with Crippen LogP contribution in [0.3, 0.4) is 0 Å². The Morgan fingerprint density at radius 3 is 2.50 bits per heavy atom. The lowest BCUT2D eigenvalue weighted by Crippen LogP contribution is -2.35. The van der Waals surface area contributed by atoms with Crippen LogP contribution in [-0.2, 0) is 0 Å². The second kappa shape index (κ2) is 3.73. The summed E-state index contributed by atoms with van der Waals surface area (Å²) in [6.07, 6.45) is 0. The molecule has 0 saturated carbocycles. The third-order valence-corrected chi connectivity index (χ3v) is 2.26. The fourth-order valence-corrected chi connectivity index (χ4v) is 1.50. The summed E-state index contributed by atoms with van der Waals surface area (Å²) in [6.45, 7) is 9.04. The van der Waals surface area contributed by atoms with E-state index in [1.54, 1.807) is 0 Å². The van der Waals surface area contributed by atoms with Gasteiger partial charge in [0.25, 0.3) is 0 Å². The Balaban J connectivity index is 2.20. The SMILES string of the molecule is CN(C)CCN1CNC(C)(C)C1. The molecule has 1 rings (SSSR count). The highest BCUT2D eigenvalue weighted by Gasteiger charge is 2.27. The number of likely N-dealkylation sites (N-methyl/N-ethyl adjacent to an activating group) is 1. The van der Waals surface area contributed by atoms with E-state index in [4.69, 9.17) is 0 Å². The molecule has 0 bridgehead atoms. The number of rotatable bonds is 3. The minimum Gasteiger partial charge on any atom is -0.308 e. The van der Waals surface area contributed by atoms with Gasteiger partial charge in [0, 0.05) is 31.8 Å². The van der Waals surface area contributed by atoms with E-state index in [1.165, 1.54) is 13.1 Å². The lowest BCUT2D eigenvalue weighted by Gasteiger charge is -2.19. The Bertz CT molecular complexity index is 143. The van der Waals surface area contributed by atoms with Gasteiger partial charge in [-0.25, -0.2) is 0 Å². The number of hydrogen-bond donors (Lipinski definition) is 1. The van der Waals surface area contributed by atoms with Crippen LogP contribution in [-0.4, -0.2) is 55.7 Å². The summed E-state index contributed by atoms with van der Waals surface area (Å²) in [5, 5.41) is 3.48. The summed E-state index contributed by atoms with van der Waals surface area (Å²) in [5.41, 5.74) is 0.312. The van der Waals surface area contributed by atoms with Crippen molar-refractivity contribution in [2.24, 2.45) is 0 Å². The molecule has 3 nitrogen and oxygen atoms in total. The molecular formula is C9H21N3. The molecule has 3 heteroatoms. The van der Waals surface area contributed by atoms with E-state index in [0.29, 0.717) is 5.54 Å². The first-order chi connectivity index (χ1) is 5.49. The molecule has 1 aliphatic rings. The van der Waals surface area contributed by atoms with E-state index in [1.807, 2.05) is 0 Å². The lowest BCUT2D eigenvalue weighted by atomic mass is 10.1. The van der Waals surface area contributed by atoms with Crippen LogP contribution in [0.4, 0.5) is 0 Å². The van der Waals surface area contributed by atoms with Gasteiger partial charge < -0.3 is 4.90 Å². The zero-order valence-electron chi connectivity index (χ0n) is 8.72. The van der Waals surface area contributed by atoms with E-state index in [9.17, 15) is 0 Å². The zero-order valence-corrected chi connectivity index (χ0v) is 8.72. The van der Waals surface area contributed by atoms with Crippen molar-refractivity contribution in [1.82, 2.24) is 15.1 Å². The fourth-order valence-electron chi connectivity index (χ4n) is 1.50. The van der Waals surface area contributed by atoms with Crippen LogP contribution in [0.1, 0.15) is 13.8 Å². The van der Waals surface area contributed by atoms with Gasteiger partial charge in [-0.2, -0.15) is 0 Å². The predicted octanol–water partition coefficient (Wildman–Crippen LogP) is 0.189. The summed E-state index contributed by atoms with van der Waals surface area (Å²) in [5.74, 6) is 0. The van der Waals surface area contributed by atoms with E-state index in [2.05, 4.69) is 43.1 Å². The molecule has 0 aromatic rings. The first-order valence-corrected chi connectivity index (χ1v) is 4.62. The Morgan fingerprint density at radius 1 is 1.42 bits per heavy atom. The molecule has 0 spiro atoms. The van der Waals surface area contributed by atoms with E-state index in [0.717, 1.165) is 13.2 Å². The van der Waals surface area contributed by atoms with Gasteiger partial charge in [-0.15, -0.1) is 0 Å². The topological polar surface area (TPSA) is 18.5 Å². The lowest BCUT2D eigenvalue weighted by molar-refractivity contribution is 0.273. The van der Waals surface area contributed by atoms with Crippen LogP contribution in [0.2, 0.25) is 0 Å². The third-order valence-electron chi connectivity index (χ3n) is 2.26. The predicted molar refractivity (Wildman–Crippen MR) is 52.2 cm³/mol. The van der Waals surface area contributed by atoms with Crippen LogP contribution < -0.4 is 5.32 Å². The average Bonchev–Trinajstić information content (AvgIpc) is 2.26. The number of hydrogen-bond acceptors (Lipinski definition) is 3. The molecule has 72 valence electrons. The van der Waals surface area contributed by atoms with E-state index < -0.39 is 0 Å². The van der Waals surface area contributed by atoms with Crippen molar-refractivity contribution >= 4 is 0 Å². The molecule has 1 N–H and O–H groups in total. The quantitative estimate of drug-likeness (QED) is 0.654. The normalized spacial score (nSPS) is 23.8. The van der Waals surface area contributed by atoms with Crippen molar-refractivity contribution in [1.29, 1.82) is 0 Å². The molecule has 0 aromatic carbocycles. The Labute approximate surface area is 75.7 Å². The maximum atomic E-state index is 3.48. The van der Waals surface area contributed by atoms with Gasteiger partial charge in [-0.1, -0.05) is 0 Å². The summed E-state index contributed by atoms with van der Waals surface area (Å²) < 4.78 is 0. The fraction of sp³-hybridized carbons (Fsp3) is 1.00. The maximum absolute atomic E-state index is 3.48. The zero-order chi connectivity index (χ0) is 9.19. The molecule has 1 saturated heterocycles. The van der Waals surface area contributed by atoms with E-state index in [-0.39, 0.29) is 0 Å². The second-order valence-electron chi connectivity index (χ2n) is 4.57. The molecule has 0 aromatic heterocycles. The Hall–Kier alpha value is -0.120. The van der Waals surface area contributed by atoms with Gasteiger partial charge in [0.05, 0.1) is 0 Å². The molecule has 0 radical (unpaired) electrons. The second-order valence-corrected chi connectivity index (χ2v) is 4.57. The van der Waals surface area contributed by atoms with Gasteiger partial charge in [-0.3, -0.25) is 10.2 Å². The summed E-state index contributed by atoms with van der Waals surface area (Å²) in [7, 11) is 4.24. The molecule has 1 aliphatic heterocycles. The summed E-state index contributed by atoms with van der Waals surface area (Å²) in [6, 6.07) is 0. The van der Waals surface area contributed by atoms with Crippen molar-refractivity contribution in [3.05, 3.63) is 0 Å². The van der Waals surface area contributed by atoms with Gasteiger partial charge in [-0.05, 0) is 27.9 Å². The first-order valence-electron chi connectivity index (χ1n) is 4.62. The van der Waals surface area contributed by atoms with Crippen molar-refractivity contribution in [2.45, 2.75) is 19.4 Å². The molecule has 0 atom stereocenters.